The molecule has 0 aliphatic carbocycles. The van der Waals surface area contributed by atoms with Crippen molar-refractivity contribution in [2.75, 3.05) is 26.7 Å². The highest BCUT2D eigenvalue weighted by atomic mass is 16.5. The zero-order valence-electron chi connectivity index (χ0n) is 15.0. The van der Waals surface area contributed by atoms with Gasteiger partial charge in [0, 0.05) is 39.2 Å². The van der Waals surface area contributed by atoms with Crippen LogP contribution in [0.25, 0.3) is 0 Å². The Bertz CT molecular complexity index is 542. The van der Waals surface area contributed by atoms with E-state index in [1.54, 1.807) is 7.11 Å². The van der Waals surface area contributed by atoms with Gasteiger partial charge in [-0.2, -0.15) is 0 Å². The van der Waals surface area contributed by atoms with Gasteiger partial charge in [-0.3, -0.25) is 9.69 Å². The Hall–Kier alpha value is -1.33. The molecule has 0 aromatic carbocycles. The standard InChI is InChI=1S/C19H30N2O3/c1-3-4-10-21-18-9-11-20(12-15(18)5-8-19(21)22)13-16-6-7-17(24-16)14-23-2/h6-7,15,18H,3-5,8-14H2,1-2H3/t15-,18+/m1/s1. The van der Waals surface area contributed by atoms with Crippen molar-refractivity contribution >= 4 is 5.91 Å². The van der Waals surface area contributed by atoms with E-state index < -0.39 is 0 Å². The first kappa shape index (κ1) is 17.5. The molecule has 2 saturated heterocycles. The lowest BCUT2D eigenvalue weighted by Gasteiger charge is -2.47. The number of rotatable bonds is 7. The maximum Gasteiger partial charge on any atom is 0.222 e. The van der Waals surface area contributed by atoms with Gasteiger partial charge in [-0.05, 0) is 37.3 Å². The van der Waals surface area contributed by atoms with Gasteiger partial charge in [0.1, 0.15) is 18.1 Å². The third-order valence-corrected chi connectivity index (χ3v) is 5.36. The first-order valence-corrected chi connectivity index (χ1v) is 9.29. The Morgan fingerprint density at radius 2 is 2.12 bits per heavy atom. The van der Waals surface area contributed by atoms with Crippen LogP contribution in [0.3, 0.4) is 0 Å². The molecule has 0 unspecified atom stereocenters. The maximum absolute atomic E-state index is 12.3. The fourth-order valence-corrected chi connectivity index (χ4v) is 4.14. The molecular formula is C19H30N2O3. The summed E-state index contributed by atoms with van der Waals surface area (Å²) in [4.78, 5) is 16.9. The highest BCUT2D eigenvalue weighted by molar-refractivity contribution is 5.77. The van der Waals surface area contributed by atoms with Gasteiger partial charge in [0.25, 0.3) is 0 Å². The van der Waals surface area contributed by atoms with Gasteiger partial charge in [0.05, 0.1) is 6.54 Å². The lowest BCUT2D eigenvalue weighted by molar-refractivity contribution is -0.141. The van der Waals surface area contributed by atoms with Crippen LogP contribution in [-0.2, 0) is 22.7 Å². The van der Waals surface area contributed by atoms with E-state index in [1.165, 1.54) is 0 Å². The molecule has 24 heavy (non-hydrogen) atoms. The molecule has 0 radical (unpaired) electrons. The highest BCUT2D eigenvalue weighted by Crippen LogP contribution is 2.32. The number of methoxy groups -OCH3 is 1. The summed E-state index contributed by atoms with van der Waals surface area (Å²) in [5.74, 6) is 2.88. The van der Waals surface area contributed by atoms with Crippen LogP contribution in [0.1, 0.15) is 50.5 Å². The van der Waals surface area contributed by atoms with Crippen LogP contribution in [0, 0.1) is 5.92 Å². The minimum absolute atomic E-state index is 0.369. The molecule has 0 spiro atoms. The fraction of sp³-hybridized carbons (Fsp3) is 0.737. The number of fused-ring (bicyclic) bond motifs is 1. The SMILES string of the molecule is CCCCN1C(=O)CC[C@@H]2CN(Cc3ccc(COC)o3)CC[C@@H]21. The second-order valence-corrected chi connectivity index (χ2v) is 7.13. The molecule has 1 aromatic rings. The molecule has 0 bridgehead atoms. The molecule has 2 aliphatic rings. The van der Waals surface area contributed by atoms with Crippen molar-refractivity contribution in [2.45, 2.75) is 58.2 Å². The van der Waals surface area contributed by atoms with Crippen molar-refractivity contribution < 1.29 is 13.9 Å². The van der Waals surface area contributed by atoms with Gasteiger partial charge in [0.15, 0.2) is 0 Å². The molecule has 0 saturated carbocycles. The van der Waals surface area contributed by atoms with Crippen LogP contribution >= 0.6 is 0 Å². The minimum Gasteiger partial charge on any atom is -0.462 e. The van der Waals surface area contributed by atoms with E-state index in [-0.39, 0.29) is 0 Å². The summed E-state index contributed by atoms with van der Waals surface area (Å²) >= 11 is 0. The molecule has 5 heteroatoms. The largest absolute Gasteiger partial charge is 0.462 e. The zero-order chi connectivity index (χ0) is 16.9. The number of piperidine rings is 2. The second-order valence-electron chi connectivity index (χ2n) is 7.13. The summed E-state index contributed by atoms with van der Waals surface area (Å²) in [7, 11) is 1.68. The van der Waals surface area contributed by atoms with Gasteiger partial charge in [-0.1, -0.05) is 13.3 Å². The third-order valence-electron chi connectivity index (χ3n) is 5.36. The normalized spacial score (nSPS) is 25.1. The molecule has 134 valence electrons. The Morgan fingerprint density at radius 1 is 1.29 bits per heavy atom. The maximum atomic E-state index is 12.3. The smallest absolute Gasteiger partial charge is 0.222 e. The van der Waals surface area contributed by atoms with E-state index in [0.717, 1.165) is 69.8 Å². The van der Waals surface area contributed by atoms with Crippen molar-refractivity contribution in [1.29, 1.82) is 0 Å². The summed E-state index contributed by atoms with van der Waals surface area (Å²) in [6.45, 7) is 6.62. The minimum atomic E-state index is 0.369. The van der Waals surface area contributed by atoms with Crippen molar-refractivity contribution in [3.8, 4) is 0 Å². The monoisotopic (exact) mass is 334 g/mol. The van der Waals surface area contributed by atoms with E-state index in [4.69, 9.17) is 9.15 Å². The molecule has 5 nitrogen and oxygen atoms in total. The van der Waals surface area contributed by atoms with E-state index in [2.05, 4.69) is 22.8 Å². The summed E-state index contributed by atoms with van der Waals surface area (Å²) in [6, 6.07) is 4.50. The lowest BCUT2D eigenvalue weighted by Crippen LogP contribution is -2.55. The van der Waals surface area contributed by atoms with Crippen LogP contribution in [0.2, 0.25) is 0 Å². The summed E-state index contributed by atoms with van der Waals surface area (Å²) in [5, 5.41) is 0. The molecule has 1 aromatic heterocycles. The molecule has 3 heterocycles. The van der Waals surface area contributed by atoms with E-state index in [0.29, 0.717) is 24.5 Å². The van der Waals surface area contributed by atoms with E-state index in [1.807, 2.05) is 6.07 Å². The number of hydrogen-bond acceptors (Lipinski definition) is 4. The second kappa shape index (κ2) is 8.17. The number of likely N-dealkylation sites (tertiary alicyclic amines) is 2. The third kappa shape index (κ3) is 4.01. The molecule has 2 fully saturated rings. The molecule has 2 aliphatic heterocycles. The van der Waals surface area contributed by atoms with Crippen LogP contribution in [0.15, 0.2) is 16.5 Å². The van der Waals surface area contributed by atoms with Gasteiger partial charge >= 0.3 is 0 Å². The Kier molecular flexibility index (Phi) is 5.95. The number of hydrogen-bond donors (Lipinski definition) is 0. The molecule has 0 N–H and O–H groups in total. The molecular weight excluding hydrogens is 304 g/mol. The number of ether oxygens (including phenoxy) is 1. The van der Waals surface area contributed by atoms with E-state index >= 15 is 0 Å². The first-order chi connectivity index (χ1) is 11.7. The van der Waals surface area contributed by atoms with Gasteiger partial charge in [-0.15, -0.1) is 0 Å². The average Bonchev–Trinajstić information content (AvgIpc) is 3.01. The summed E-state index contributed by atoms with van der Waals surface area (Å²) in [6.07, 6.45) is 5.11. The van der Waals surface area contributed by atoms with Crippen molar-refractivity contribution in [2.24, 2.45) is 5.92 Å². The average molecular weight is 334 g/mol. The fourth-order valence-electron chi connectivity index (χ4n) is 4.14. The first-order valence-electron chi connectivity index (χ1n) is 9.29. The van der Waals surface area contributed by atoms with Crippen molar-refractivity contribution in [3.63, 3.8) is 0 Å². The van der Waals surface area contributed by atoms with Gasteiger partial charge in [-0.25, -0.2) is 0 Å². The number of carbonyl (C=O) groups excluding carboxylic acids is 1. The number of nitrogens with zero attached hydrogens (tertiary/aromatic N) is 2. The van der Waals surface area contributed by atoms with Crippen molar-refractivity contribution in [1.82, 2.24) is 9.80 Å². The number of furan rings is 1. The number of amides is 1. The predicted molar refractivity (Wildman–Crippen MR) is 92.4 cm³/mol. The van der Waals surface area contributed by atoms with Crippen LogP contribution in [0.4, 0.5) is 0 Å². The Labute approximate surface area is 144 Å². The summed E-state index contributed by atoms with van der Waals surface area (Å²) < 4.78 is 10.9. The quantitative estimate of drug-likeness (QED) is 0.769. The Morgan fingerprint density at radius 3 is 2.92 bits per heavy atom. The van der Waals surface area contributed by atoms with E-state index in [9.17, 15) is 4.79 Å². The van der Waals surface area contributed by atoms with Crippen LogP contribution < -0.4 is 0 Å². The summed E-state index contributed by atoms with van der Waals surface area (Å²) in [5.41, 5.74) is 0. The number of unbranched alkanes of at least 4 members (excludes halogenated alkanes) is 1. The zero-order valence-corrected chi connectivity index (χ0v) is 15.0. The molecule has 3 rings (SSSR count). The van der Waals surface area contributed by atoms with Gasteiger partial charge < -0.3 is 14.1 Å². The Balaban J connectivity index is 1.56. The lowest BCUT2D eigenvalue weighted by atomic mass is 9.83. The van der Waals surface area contributed by atoms with Crippen LogP contribution in [-0.4, -0.2) is 48.5 Å². The number of carbonyl (C=O) groups is 1. The highest BCUT2D eigenvalue weighted by Gasteiger charge is 2.38. The predicted octanol–water partition coefficient (Wildman–Crippen LogP) is 3.04. The van der Waals surface area contributed by atoms with Crippen LogP contribution in [0.5, 0.6) is 0 Å². The molecule has 2 atom stereocenters. The molecule has 1 amide bonds. The van der Waals surface area contributed by atoms with Gasteiger partial charge in [0.2, 0.25) is 5.91 Å². The van der Waals surface area contributed by atoms with Crippen molar-refractivity contribution in [3.05, 3.63) is 23.7 Å². The topological polar surface area (TPSA) is 45.9 Å².